The Labute approximate surface area is 178 Å². The summed E-state index contributed by atoms with van der Waals surface area (Å²) < 4.78 is 51.9. The van der Waals surface area contributed by atoms with Crippen LogP contribution in [-0.2, 0) is 4.79 Å². The van der Waals surface area contributed by atoms with Crippen molar-refractivity contribution in [2.75, 3.05) is 18.1 Å². The number of carbonyl (C=O) groups excluding carboxylic acids is 1. The van der Waals surface area contributed by atoms with E-state index in [4.69, 9.17) is 9.47 Å². The molecular weight excluding hydrogens is 415 g/mol. The van der Waals surface area contributed by atoms with Gasteiger partial charge in [-0.15, -0.1) is 13.2 Å². The fourth-order valence-corrected chi connectivity index (χ4v) is 3.12. The molecule has 2 aromatic rings. The van der Waals surface area contributed by atoms with Crippen LogP contribution in [-0.4, -0.2) is 42.2 Å². The molecule has 0 radical (unpaired) electrons. The van der Waals surface area contributed by atoms with Crippen LogP contribution in [0.4, 0.5) is 18.9 Å². The Kier molecular flexibility index (Phi) is 6.35. The van der Waals surface area contributed by atoms with E-state index in [1.165, 1.54) is 12.1 Å². The molecule has 1 heterocycles. The van der Waals surface area contributed by atoms with Crippen molar-refractivity contribution < 1.29 is 37.3 Å². The fourth-order valence-electron chi connectivity index (χ4n) is 3.12. The number of anilines is 1. The van der Waals surface area contributed by atoms with Crippen LogP contribution in [0, 0.1) is 6.92 Å². The molecule has 1 aliphatic rings. The average Bonchev–Trinajstić information content (AvgIpc) is 3.01. The van der Waals surface area contributed by atoms with E-state index in [0.29, 0.717) is 24.4 Å². The van der Waals surface area contributed by atoms with Crippen molar-refractivity contribution in [1.29, 1.82) is 0 Å². The van der Waals surface area contributed by atoms with Gasteiger partial charge >= 0.3 is 6.36 Å². The van der Waals surface area contributed by atoms with Gasteiger partial charge in [0.1, 0.15) is 23.9 Å². The first-order valence-corrected chi connectivity index (χ1v) is 9.71. The van der Waals surface area contributed by atoms with Crippen LogP contribution in [0.15, 0.2) is 42.5 Å². The standard InChI is InChI=1S/C22H24F3NO5/c1-14-12-15(4-9-18(14)29-13-21(2,3)28)26-11-10-19(20(26)27)30-16-5-7-17(8-6-16)31-22(23,24)25/h4-9,12,19,28H,10-11,13H2,1-3H3. The number of amides is 1. The van der Waals surface area contributed by atoms with E-state index < -0.39 is 18.1 Å². The van der Waals surface area contributed by atoms with Gasteiger partial charge in [-0.05, 0) is 68.8 Å². The molecule has 168 valence electrons. The number of nitrogens with zero attached hydrogens (tertiary/aromatic N) is 1. The zero-order valence-electron chi connectivity index (χ0n) is 17.4. The summed E-state index contributed by atoms with van der Waals surface area (Å²) in [6.45, 7) is 5.73. The van der Waals surface area contributed by atoms with E-state index in [9.17, 15) is 23.1 Å². The molecule has 9 heteroatoms. The lowest BCUT2D eigenvalue weighted by Crippen LogP contribution is -2.32. The van der Waals surface area contributed by atoms with Crippen molar-refractivity contribution in [1.82, 2.24) is 0 Å². The molecule has 0 aliphatic carbocycles. The number of rotatable bonds is 7. The number of aryl methyl sites for hydroxylation is 1. The first-order chi connectivity index (χ1) is 14.4. The molecule has 1 atom stereocenters. The smallest absolute Gasteiger partial charge is 0.490 e. The van der Waals surface area contributed by atoms with Gasteiger partial charge in [0.25, 0.3) is 5.91 Å². The van der Waals surface area contributed by atoms with Crippen molar-refractivity contribution in [2.24, 2.45) is 0 Å². The van der Waals surface area contributed by atoms with Crippen molar-refractivity contribution in [3.05, 3.63) is 48.0 Å². The number of hydrogen-bond acceptors (Lipinski definition) is 5. The molecule has 1 amide bonds. The molecule has 0 spiro atoms. The summed E-state index contributed by atoms with van der Waals surface area (Å²) >= 11 is 0. The second kappa shape index (κ2) is 8.66. The summed E-state index contributed by atoms with van der Waals surface area (Å²) in [4.78, 5) is 14.4. The highest BCUT2D eigenvalue weighted by Crippen LogP contribution is 2.30. The minimum absolute atomic E-state index is 0.137. The maximum absolute atomic E-state index is 12.8. The largest absolute Gasteiger partial charge is 0.573 e. The maximum Gasteiger partial charge on any atom is 0.573 e. The number of carbonyl (C=O) groups is 1. The summed E-state index contributed by atoms with van der Waals surface area (Å²) in [5.74, 6) is 0.300. The van der Waals surface area contributed by atoms with E-state index >= 15 is 0 Å². The highest BCUT2D eigenvalue weighted by atomic mass is 19.4. The summed E-state index contributed by atoms with van der Waals surface area (Å²) in [5.41, 5.74) is 0.551. The Morgan fingerprint density at radius 1 is 1.10 bits per heavy atom. The lowest BCUT2D eigenvalue weighted by atomic mass is 10.1. The quantitative estimate of drug-likeness (QED) is 0.700. The van der Waals surface area contributed by atoms with E-state index in [0.717, 1.165) is 17.7 Å². The van der Waals surface area contributed by atoms with Gasteiger partial charge in [-0.1, -0.05) is 0 Å². The van der Waals surface area contributed by atoms with Crippen molar-refractivity contribution in [3.63, 3.8) is 0 Å². The predicted molar refractivity (Wildman–Crippen MR) is 107 cm³/mol. The van der Waals surface area contributed by atoms with Crippen LogP contribution < -0.4 is 19.1 Å². The molecular formula is C22H24F3NO5. The van der Waals surface area contributed by atoms with Crippen LogP contribution in [0.1, 0.15) is 25.8 Å². The van der Waals surface area contributed by atoms with Gasteiger partial charge in [-0.3, -0.25) is 4.79 Å². The van der Waals surface area contributed by atoms with Gasteiger partial charge in [0, 0.05) is 18.7 Å². The third kappa shape index (κ3) is 6.27. The Morgan fingerprint density at radius 2 is 1.74 bits per heavy atom. The third-order valence-corrected chi connectivity index (χ3v) is 4.54. The monoisotopic (exact) mass is 439 g/mol. The molecule has 2 aromatic carbocycles. The van der Waals surface area contributed by atoms with Gasteiger partial charge in [0.05, 0.1) is 5.60 Å². The van der Waals surface area contributed by atoms with Crippen LogP contribution in [0.25, 0.3) is 0 Å². The highest BCUT2D eigenvalue weighted by molar-refractivity contribution is 5.99. The van der Waals surface area contributed by atoms with Crippen molar-refractivity contribution in [2.45, 2.75) is 45.3 Å². The molecule has 0 saturated carbocycles. The zero-order valence-corrected chi connectivity index (χ0v) is 17.4. The number of ether oxygens (including phenoxy) is 3. The van der Waals surface area contributed by atoms with Gasteiger partial charge in [0.2, 0.25) is 0 Å². The molecule has 0 aromatic heterocycles. The number of hydrogen-bond donors (Lipinski definition) is 1. The summed E-state index contributed by atoms with van der Waals surface area (Å²) in [6, 6.07) is 10.3. The van der Waals surface area contributed by atoms with Gasteiger partial charge in [-0.2, -0.15) is 0 Å². The minimum atomic E-state index is -4.77. The minimum Gasteiger partial charge on any atom is -0.490 e. The molecule has 31 heavy (non-hydrogen) atoms. The van der Waals surface area contributed by atoms with E-state index in [1.54, 1.807) is 30.9 Å². The van der Waals surface area contributed by atoms with E-state index in [1.807, 2.05) is 13.0 Å². The lowest BCUT2D eigenvalue weighted by molar-refractivity contribution is -0.274. The molecule has 3 rings (SSSR count). The first kappa shape index (κ1) is 22.7. The summed E-state index contributed by atoms with van der Waals surface area (Å²) in [7, 11) is 0. The molecule has 1 fully saturated rings. The molecule has 1 unspecified atom stereocenters. The van der Waals surface area contributed by atoms with Gasteiger partial charge < -0.3 is 24.2 Å². The van der Waals surface area contributed by atoms with Crippen LogP contribution in [0.3, 0.4) is 0 Å². The second-order valence-corrected chi connectivity index (χ2v) is 7.96. The SMILES string of the molecule is Cc1cc(N2CCC(Oc3ccc(OC(F)(F)F)cc3)C2=O)ccc1OCC(C)(C)O. The highest BCUT2D eigenvalue weighted by Gasteiger charge is 2.35. The summed E-state index contributed by atoms with van der Waals surface area (Å²) in [5, 5.41) is 9.80. The Morgan fingerprint density at radius 3 is 2.32 bits per heavy atom. The Hall–Kier alpha value is -2.94. The Balaban J connectivity index is 1.62. The number of halogens is 3. The average molecular weight is 439 g/mol. The predicted octanol–water partition coefficient (Wildman–Crippen LogP) is 4.23. The fraction of sp³-hybridized carbons (Fsp3) is 0.409. The third-order valence-electron chi connectivity index (χ3n) is 4.54. The first-order valence-electron chi connectivity index (χ1n) is 9.71. The Bertz CT molecular complexity index is 922. The molecule has 1 N–H and O–H groups in total. The van der Waals surface area contributed by atoms with E-state index in [-0.39, 0.29) is 24.0 Å². The lowest BCUT2D eigenvalue weighted by Gasteiger charge is -2.21. The van der Waals surface area contributed by atoms with Gasteiger partial charge in [0.15, 0.2) is 6.10 Å². The molecule has 6 nitrogen and oxygen atoms in total. The van der Waals surface area contributed by atoms with Crippen molar-refractivity contribution >= 4 is 11.6 Å². The molecule has 1 saturated heterocycles. The number of alkyl halides is 3. The summed E-state index contributed by atoms with van der Waals surface area (Å²) in [6.07, 6.45) is -5.06. The van der Waals surface area contributed by atoms with Gasteiger partial charge in [-0.25, -0.2) is 0 Å². The second-order valence-electron chi connectivity index (χ2n) is 7.96. The number of aliphatic hydroxyl groups is 1. The zero-order chi connectivity index (χ0) is 22.8. The van der Waals surface area contributed by atoms with Crippen LogP contribution >= 0.6 is 0 Å². The molecule has 0 bridgehead atoms. The normalized spacial score (nSPS) is 17.1. The molecule has 1 aliphatic heterocycles. The van der Waals surface area contributed by atoms with Crippen LogP contribution in [0.5, 0.6) is 17.2 Å². The topological polar surface area (TPSA) is 68.2 Å². The maximum atomic E-state index is 12.8. The van der Waals surface area contributed by atoms with Crippen LogP contribution in [0.2, 0.25) is 0 Å². The van der Waals surface area contributed by atoms with Crippen molar-refractivity contribution in [3.8, 4) is 17.2 Å². The number of benzene rings is 2. The van der Waals surface area contributed by atoms with E-state index in [2.05, 4.69) is 4.74 Å².